The average molecular weight is 338 g/mol. The van der Waals surface area contributed by atoms with E-state index in [0.29, 0.717) is 6.61 Å². The largest absolute Gasteiger partial charge is 0.492 e. The first-order valence-corrected chi connectivity index (χ1v) is 7.58. The number of ether oxygens (including phenoxy) is 1. The molecule has 1 heterocycles. The number of halogens is 1. The molecule has 1 N–H and O–H groups in total. The summed E-state index contributed by atoms with van der Waals surface area (Å²) in [7, 11) is 1.92. The van der Waals surface area contributed by atoms with E-state index >= 15 is 0 Å². The first-order valence-electron chi connectivity index (χ1n) is 6.78. The second-order valence-corrected chi connectivity index (χ2v) is 5.52. The van der Waals surface area contributed by atoms with Gasteiger partial charge in [0.1, 0.15) is 5.75 Å². The number of rotatable bonds is 7. The van der Waals surface area contributed by atoms with Crippen molar-refractivity contribution in [2.75, 3.05) is 13.2 Å². The lowest BCUT2D eigenvalue weighted by Gasteiger charge is -2.09. The lowest BCUT2D eigenvalue weighted by Crippen LogP contribution is -2.11. The van der Waals surface area contributed by atoms with Gasteiger partial charge in [-0.3, -0.25) is 4.68 Å². The third-order valence-electron chi connectivity index (χ3n) is 2.98. The summed E-state index contributed by atoms with van der Waals surface area (Å²) in [6.45, 7) is 4.61. The van der Waals surface area contributed by atoms with E-state index in [9.17, 15) is 0 Å². The predicted octanol–water partition coefficient (Wildman–Crippen LogP) is 2.91. The van der Waals surface area contributed by atoms with Crippen LogP contribution >= 0.6 is 15.9 Å². The molecule has 1 aromatic heterocycles. The van der Waals surface area contributed by atoms with Crippen molar-refractivity contribution in [2.45, 2.75) is 19.9 Å². The van der Waals surface area contributed by atoms with Crippen LogP contribution in [0.25, 0.3) is 0 Å². The van der Waals surface area contributed by atoms with E-state index in [1.54, 1.807) is 4.68 Å². The number of nitrogens with zero attached hydrogens (tertiary/aromatic N) is 2. The molecule has 4 nitrogen and oxygen atoms in total. The van der Waals surface area contributed by atoms with E-state index < -0.39 is 0 Å². The highest BCUT2D eigenvalue weighted by Crippen LogP contribution is 2.26. The molecule has 0 unspecified atom stereocenters. The molecule has 0 aliphatic carbocycles. The summed E-state index contributed by atoms with van der Waals surface area (Å²) in [5, 5.41) is 7.45. The van der Waals surface area contributed by atoms with Crippen molar-refractivity contribution in [3.05, 3.63) is 46.2 Å². The third-order valence-corrected chi connectivity index (χ3v) is 3.60. The van der Waals surface area contributed by atoms with Crippen LogP contribution in [-0.4, -0.2) is 22.9 Å². The molecule has 2 aromatic rings. The number of hydrogen-bond acceptors (Lipinski definition) is 3. The van der Waals surface area contributed by atoms with Gasteiger partial charge in [-0.25, -0.2) is 0 Å². The number of aryl methyl sites for hydroxylation is 1. The fourth-order valence-electron chi connectivity index (χ4n) is 1.92. The van der Waals surface area contributed by atoms with E-state index in [2.05, 4.69) is 45.4 Å². The van der Waals surface area contributed by atoms with Crippen LogP contribution in [0.3, 0.4) is 0 Å². The molecule has 0 atom stereocenters. The zero-order valence-corrected chi connectivity index (χ0v) is 13.5. The van der Waals surface area contributed by atoms with E-state index in [1.165, 1.54) is 11.1 Å². The first kappa shape index (κ1) is 15.1. The van der Waals surface area contributed by atoms with Gasteiger partial charge in [0.05, 0.1) is 17.3 Å². The maximum Gasteiger partial charge on any atom is 0.133 e. The Morgan fingerprint density at radius 1 is 1.35 bits per heavy atom. The van der Waals surface area contributed by atoms with Crippen molar-refractivity contribution in [2.24, 2.45) is 7.05 Å². The summed E-state index contributed by atoms with van der Waals surface area (Å²) < 4.78 is 8.61. The summed E-state index contributed by atoms with van der Waals surface area (Å²) in [4.78, 5) is 0. The fraction of sp³-hybridized carbons (Fsp3) is 0.400. The van der Waals surface area contributed by atoms with Gasteiger partial charge >= 0.3 is 0 Å². The SMILES string of the molecule is CCNCc1ccc(OCCc2cnn(C)c2)c(Br)c1. The number of benzene rings is 1. The van der Waals surface area contributed by atoms with Crippen LogP contribution in [0.4, 0.5) is 0 Å². The van der Waals surface area contributed by atoms with E-state index in [-0.39, 0.29) is 0 Å². The zero-order chi connectivity index (χ0) is 14.4. The Balaban J connectivity index is 1.86. The van der Waals surface area contributed by atoms with Crippen LogP contribution in [0, 0.1) is 0 Å². The Kier molecular flexibility index (Phi) is 5.61. The molecule has 0 aliphatic rings. The van der Waals surface area contributed by atoms with Crippen LogP contribution in [-0.2, 0) is 20.0 Å². The number of hydrogen-bond donors (Lipinski definition) is 1. The smallest absolute Gasteiger partial charge is 0.133 e. The fourth-order valence-corrected chi connectivity index (χ4v) is 2.46. The van der Waals surface area contributed by atoms with Crippen molar-refractivity contribution < 1.29 is 4.74 Å². The van der Waals surface area contributed by atoms with Gasteiger partial charge in [-0.05, 0) is 45.7 Å². The highest BCUT2D eigenvalue weighted by Gasteiger charge is 2.03. The first-order chi connectivity index (χ1) is 9.69. The highest BCUT2D eigenvalue weighted by molar-refractivity contribution is 9.10. The van der Waals surface area contributed by atoms with Gasteiger partial charge in [-0.15, -0.1) is 0 Å². The van der Waals surface area contributed by atoms with Gasteiger partial charge < -0.3 is 10.1 Å². The Morgan fingerprint density at radius 2 is 2.20 bits per heavy atom. The van der Waals surface area contributed by atoms with E-state index in [4.69, 9.17) is 4.74 Å². The van der Waals surface area contributed by atoms with Gasteiger partial charge in [0.15, 0.2) is 0 Å². The Morgan fingerprint density at radius 3 is 2.85 bits per heavy atom. The molecule has 0 fully saturated rings. The van der Waals surface area contributed by atoms with Gasteiger partial charge in [-0.2, -0.15) is 5.10 Å². The van der Waals surface area contributed by atoms with E-state index in [0.717, 1.165) is 29.7 Å². The third kappa shape index (κ3) is 4.35. The van der Waals surface area contributed by atoms with Crippen molar-refractivity contribution in [1.82, 2.24) is 15.1 Å². The van der Waals surface area contributed by atoms with Crippen molar-refractivity contribution in [1.29, 1.82) is 0 Å². The highest BCUT2D eigenvalue weighted by atomic mass is 79.9. The molecule has 0 radical (unpaired) electrons. The van der Waals surface area contributed by atoms with Crippen LogP contribution in [0.15, 0.2) is 35.1 Å². The summed E-state index contributed by atoms with van der Waals surface area (Å²) in [6, 6.07) is 6.20. The van der Waals surface area contributed by atoms with Gasteiger partial charge in [-0.1, -0.05) is 13.0 Å². The lowest BCUT2D eigenvalue weighted by atomic mass is 10.2. The van der Waals surface area contributed by atoms with Crippen LogP contribution in [0.1, 0.15) is 18.1 Å². The molecule has 0 aliphatic heterocycles. The van der Waals surface area contributed by atoms with Crippen molar-refractivity contribution in [3.63, 3.8) is 0 Å². The summed E-state index contributed by atoms with van der Waals surface area (Å²) >= 11 is 3.56. The van der Waals surface area contributed by atoms with Gasteiger partial charge in [0.2, 0.25) is 0 Å². The predicted molar refractivity (Wildman–Crippen MR) is 83.9 cm³/mol. The quantitative estimate of drug-likeness (QED) is 0.844. The Labute approximate surface area is 128 Å². The molecular formula is C15H20BrN3O. The van der Waals surface area contributed by atoms with Gasteiger partial charge in [0, 0.05) is 26.2 Å². The normalized spacial score (nSPS) is 10.8. The number of nitrogens with one attached hydrogen (secondary N) is 1. The van der Waals surface area contributed by atoms with Crippen molar-refractivity contribution >= 4 is 15.9 Å². The van der Waals surface area contributed by atoms with Crippen LogP contribution in [0.2, 0.25) is 0 Å². The molecular weight excluding hydrogens is 318 g/mol. The molecule has 5 heteroatoms. The van der Waals surface area contributed by atoms with Crippen LogP contribution < -0.4 is 10.1 Å². The summed E-state index contributed by atoms with van der Waals surface area (Å²) in [5.41, 5.74) is 2.44. The lowest BCUT2D eigenvalue weighted by molar-refractivity contribution is 0.320. The number of aromatic nitrogens is 2. The van der Waals surface area contributed by atoms with E-state index in [1.807, 2.05) is 25.5 Å². The summed E-state index contributed by atoms with van der Waals surface area (Å²) in [6.07, 6.45) is 4.75. The van der Waals surface area contributed by atoms with Crippen molar-refractivity contribution in [3.8, 4) is 5.75 Å². The molecule has 20 heavy (non-hydrogen) atoms. The Hall–Kier alpha value is -1.33. The maximum absolute atomic E-state index is 5.81. The average Bonchev–Trinajstić information content (AvgIpc) is 2.84. The molecule has 0 amide bonds. The minimum absolute atomic E-state index is 0.650. The van der Waals surface area contributed by atoms with Crippen LogP contribution in [0.5, 0.6) is 5.75 Å². The second-order valence-electron chi connectivity index (χ2n) is 4.67. The molecule has 0 spiro atoms. The summed E-state index contributed by atoms with van der Waals surface area (Å²) in [5.74, 6) is 0.883. The minimum atomic E-state index is 0.650. The minimum Gasteiger partial charge on any atom is -0.492 e. The second kappa shape index (κ2) is 7.45. The molecule has 0 saturated heterocycles. The Bertz CT molecular complexity index is 554. The standard InChI is InChI=1S/C15H20BrN3O/c1-3-17-9-12-4-5-15(14(16)8-12)20-7-6-13-10-18-19(2)11-13/h4-5,8,10-11,17H,3,6-7,9H2,1-2H3. The maximum atomic E-state index is 5.81. The zero-order valence-electron chi connectivity index (χ0n) is 11.9. The monoisotopic (exact) mass is 337 g/mol. The molecule has 108 valence electrons. The molecule has 0 bridgehead atoms. The van der Waals surface area contributed by atoms with Gasteiger partial charge in [0.25, 0.3) is 0 Å². The molecule has 0 saturated carbocycles. The molecule has 1 aromatic carbocycles. The topological polar surface area (TPSA) is 39.1 Å². The molecule has 2 rings (SSSR count).